The predicted molar refractivity (Wildman–Crippen MR) is 84.9 cm³/mol. The van der Waals surface area contributed by atoms with Gasteiger partial charge in [-0.15, -0.1) is 0 Å². The third-order valence-corrected chi connectivity index (χ3v) is 4.99. The molecular weight excluding hydrogens is 244 g/mol. The van der Waals surface area contributed by atoms with Crippen molar-refractivity contribution in [1.29, 1.82) is 0 Å². The Hall–Kier alpha value is -0.860. The monoisotopic (exact) mass is 272 g/mol. The Morgan fingerprint density at radius 1 is 1.20 bits per heavy atom. The molecule has 1 heterocycles. The standard InChI is InChI=1S/C18H28N2/c1-14(2)17-13-20(18(12-19-17)16-8-9-16)11-10-15-6-4-3-5-7-15/h3-7,14,16-19H,8-13H2,1-2H3. The molecule has 2 heteroatoms. The molecule has 2 unspecified atom stereocenters. The third-order valence-electron chi connectivity index (χ3n) is 4.99. The fourth-order valence-corrected chi connectivity index (χ4v) is 3.42. The Bertz CT molecular complexity index is 411. The van der Waals surface area contributed by atoms with Gasteiger partial charge in [0, 0.05) is 31.7 Å². The van der Waals surface area contributed by atoms with Crippen molar-refractivity contribution in [3.63, 3.8) is 0 Å². The molecule has 0 radical (unpaired) electrons. The highest BCUT2D eigenvalue weighted by molar-refractivity contribution is 5.15. The second kappa shape index (κ2) is 6.28. The van der Waals surface area contributed by atoms with Gasteiger partial charge in [-0.3, -0.25) is 4.90 Å². The molecule has 2 nitrogen and oxygen atoms in total. The molecule has 0 amide bonds. The Balaban J connectivity index is 1.60. The van der Waals surface area contributed by atoms with Gasteiger partial charge in [0.05, 0.1) is 0 Å². The van der Waals surface area contributed by atoms with E-state index < -0.39 is 0 Å². The summed E-state index contributed by atoms with van der Waals surface area (Å²) in [7, 11) is 0. The summed E-state index contributed by atoms with van der Waals surface area (Å²) in [4.78, 5) is 2.77. The fourth-order valence-electron chi connectivity index (χ4n) is 3.42. The van der Waals surface area contributed by atoms with Crippen molar-refractivity contribution in [2.45, 2.75) is 45.2 Å². The Morgan fingerprint density at radius 2 is 1.95 bits per heavy atom. The molecule has 3 rings (SSSR count). The highest BCUT2D eigenvalue weighted by Gasteiger charge is 2.38. The number of hydrogen-bond acceptors (Lipinski definition) is 2. The van der Waals surface area contributed by atoms with Crippen LogP contribution in [0.1, 0.15) is 32.3 Å². The summed E-state index contributed by atoms with van der Waals surface area (Å²) in [5.74, 6) is 1.70. The van der Waals surface area contributed by atoms with Crippen molar-refractivity contribution in [3.8, 4) is 0 Å². The summed E-state index contributed by atoms with van der Waals surface area (Å²) in [5.41, 5.74) is 1.47. The van der Waals surface area contributed by atoms with Gasteiger partial charge >= 0.3 is 0 Å². The maximum Gasteiger partial charge on any atom is 0.0249 e. The lowest BCUT2D eigenvalue weighted by atomic mass is 9.97. The smallest absolute Gasteiger partial charge is 0.0249 e. The summed E-state index contributed by atoms with van der Waals surface area (Å²) in [5, 5.41) is 3.78. The maximum absolute atomic E-state index is 3.78. The van der Waals surface area contributed by atoms with Crippen molar-refractivity contribution in [2.75, 3.05) is 19.6 Å². The van der Waals surface area contributed by atoms with E-state index in [0.29, 0.717) is 6.04 Å². The van der Waals surface area contributed by atoms with Gasteiger partial charge in [0.2, 0.25) is 0 Å². The Kier molecular flexibility index (Phi) is 4.42. The number of rotatable bonds is 5. The molecule has 0 aromatic heterocycles. The predicted octanol–water partition coefficient (Wildman–Crippen LogP) is 2.94. The number of nitrogens with zero attached hydrogens (tertiary/aromatic N) is 1. The number of benzene rings is 1. The normalized spacial score (nSPS) is 27.9. The first-order valence-electron chi connectivity index (χ1n) is 8.25. The van der Waals surface area contributed by atoms with Gasteiger partial charge in [-0.25, -0.2) is 0 Å². The lowest BCUT2D eigenvalue weighted by Gasteiger charge is -2.42. The summed E-state index contributed by atoms with van der Waals surface area (Å²) >= 11 is 0. The molecule has 0 bridgehead atoms. The van der Waals surface area contributed by atoms with Gasteiger partial charge in [-0.2, -0.15) is 0 Å². The molecule has 1 aromatic rings. The number of hydrogen-bond donors (Lipinski definition) is 1. The largest absolute Gasteiger partial charge is 0.311 e. The summed E-state index contributed by atoms with van der Waals surface area (Å²) in [6.45, 7) is 8.32. The van der Waals surface area contributed by atoms with E-state index >= 15 is 0 Å². The van der Waals surface area contributed by atoms with Gasteiger partial charge in [-0.05, 0) is 36.7 Å². The Morgan fingerprint density at radius 3 is 2.60 bits per heavy atom. The lowest BCUT2D eigenvalue weighted by molar-refractivity contribution is 0.101. The molecule has 2 atom stereocenters. The van der Waals surface area contributed by atoms with Crippen molar-refractivity contribution < 1.29 is 0 Å². The molecule has 2 aliphatic rings. The Labute approximate surface area is 123 Å². The number of nitrogens with one attached hydrogen (secondary N) is 1. The highest BCUT2D eigenvalue weighted by Crippen LogP contribution is 2.36. The molecule has 1 N–H and O–H groups in total. The van der Waals surface area contributed by atoms with Crippen molar-refractivity contribution in [1.82, 2.24) is 10.2 Å². The topological polar surface area (TPSA) is 15.3 Å². The van der Waals surface area contributed by atoms with Crippen LogP contribution in [0.15, 0.2) is 30.3 Å². The maximum atomic E-state index is 3.78. The molecule has 1 aliphatic heterocycles. The highest BCUT2D eigenvalue weighted by atomic mass is 15.2. The summed E-state index contributed by atoms with van der Waals surface area (Å²) in [6.07, 6.45) is 4.08. The zero-order valence-corrected chi connectivity index (χ0v) is 12.9. The van der Waals surface area contributed by atoms with Crippen molar-refractivity contribution in [3.05, 3.63) is 35.9 Å². The molecule has 0 spiro atoms. The summed E-state index contributed by atoms with van der Waals surface area (Å²) in [6, 6.07) is 12.4. The van der Waals surface area contributed by atoms with Crippen LogP contribution in [0.2, 0.25) is 0 Å². The molecule has 110 valence electrons. The second-order valence-electron chi connectivity index (χ2n) is 6.89. The van der Waals surface area contributed by atoms with Crippen molar-refractivity contribution in [2.24, 2.45) is 11.8 Å². The van der Waals surface area contributed by atoms with Crippen LogP contribution in [0.5, 0.6) is 0 Å². The van der Waals surface area contributed by atoms with E-state index in [2.05, 4.69) is 54.4 Å². The minimum absolute atomic E-state index is 0.667. The van der Waals surface area contributed by atoms with Crippen LogP contribution in [0.3, 0.4) is 0 Å². The number of piperazine rings is 1. The molecule has 1 saturated carbocycles. The van der Waals surface area contributed by atoms with E-state index in [4.69, 9.17) is 0 Å². The lowest BCUT2D eigenvalue weighted by Crippen LogP contribution is -2.59. The first-order chi connectivity index (χ1) is 9.74. The van der Waals surface area contributed by atoms with Crippen molar-refractivity contribution >= 4 is 0 Å². The molecule has 1 saturated heterocycles. The van der Waals surface area contributed by atoms with Gasteiger partial charge in [0.15, 0.2) is 0 Å². The van der Waals surface area contributed by atoms with Gasteiger partial charge < -0.3 is 5.32 Å². The van der Waals surface area contributed by atoms with Crippen LogP contribution < -0.4 is 5.32 Å². The average Bonchev–Trinajstić information content (AvgIpc) is 3.30. The van der Waals surface area contributed by atoms with E-state index in [9.17, 15) is 0 Å². The molecule has 1 aromatic carbocycles. The van der Waals surface area contributed by atoms with Gasteiger partial charge in [0.1, 0.15) is 0 Å². The van der Waals surface area contributed by atoms with Crippen LogP contribution in [-0.2, 0) is 6.42 Å². The van der Waals surface area contributed by atoms with Crippen LogP contribution in [0.25, 0.3) is 0 Å². The summed E-state index contributed by atoms with van der Waals surface area (Å²) < 4.78 is 0. The van der Waals surface area contributed by atoms with Crippen LogP contribution in [0.4, 0.5) is 0 Å². The minimum Gasteiger partial charge on any atom is -0.311 e. The molecule has 2 fully saturated rings. The fraction of sp³-hybridized carbons (Fsp3) is 0.667. The second-order valence-corrected chi connectivity index (χ2v) is 6.89. The van der Waals surface area contributed by atoms with E-state index in [1.165, 1.54) is 44.5 Å². The quantitative estimate of drug-likeness (QED) is 0.886. The van der Waals surface area contributed by atoms with Crippen LogP contribution in [-0.4, -0.2) is 36.6 Å². The van der Waals surface area contributed by atoms with E-state index in [1.807, 2.05) is 0 Å². The van der Waals surface area contributed by atoms with Gasteiger partial charge in [-0.1, -0.05) is 44.2 Å². The first kappa shape index (κ1) is 14.1. The SMILES string of the molecule is CC(C)C1CN(CCc2ccccc2)C(C2CC2)CN1. The molecule has 1 aliphatic carbocycles. The van der Waals surface area contributed by atoms with E-state index in [1.54, 1.807) is 0 Å². The zero-order chi connectivity index (χ0) is 13.9. The minimum atomic E-state index is 0.667. The van der Waals surface area contributed by atoms with Crippen LogP contribution >= 0.6 is 0 Å². The van der Waals surface area contributed by atoms with E-state index in [-0.39, 0.29) is 0 Å². The molecule has 20 heavy (non-hydrogen) atoms. The van der Waals surface area contributed by atoms with Crippen LogP contribution in [0, 0.1) is 11.8 Å². The average molecular weight is 272 g/mol. The molecular formula is C18H28N2. The third kappa shape index (κ3) is 3.42. The van der Waals surface area contributed by atoms with Gasteiger partial charge in [0.25, 0.3) is 0 Å². The van der Waals surface area contributed by atoms with E-state index in [0.717, 1.165) is 17.9 Å². The zero-order valence-electron chi connectivity index (χ0n) is 12.9. The first-order valence-corrected chi connectivity index (χ1v) is 8.25.